The normalized spacial score (nSPS) is 26.9. The molecule has 0 spiro atoms. The molecule has 0 saturated carbocycles. The van der Waals surface area contributed by atoms with Crippen LogP contribution >= 0.6 is 0 Å². The van der Waals surface area contributed by atoms with E-state index in [4.69, 9.17) is 0 Å². The summed E-state index contributed by atoms with van der Waals surface area (Å²) < 4.78 is 0. The van der Waals surface area contributed by atoms with Crippen molar-refractivity contribution in [1.29, 1.82) is 0 Å². The molecule has 2 heterocycles. The highest BCUT2D eigenvalue weighted by molar-refractivity contribution is 5.90. The highest BCUT2D eigenvalue weighted by Crippen LogP contribution is 2.17. The van der Waals surface area contributed by atoms with E-state index in [0.29, 0.717) is 45.6 Å². The van der Waals surface area contributed by atoms with Crippen molar-refractivity contribution in [2.75, 3.05) is 32.7 Å². The van der Waals surface area contributed by atoms with E-state index in [-0.39, 0.29) is 23.6 Å². The SMILES string of the molecule is CCNC(=O)C1CNCCN1C(=O)C1CCC(=O)NC1. The number of hydrogen-bond donors (Lipinski definition) is 3. The molecule has 2 atom stereocenters. The van der Waals surface area contributed by atoms with E-state index >= 15 is 0 Å². The van der Waals surface area contributed by atoms with Gasteiger partial charge in [0.2, 0.25) is 17.7 Å². The number of hydrogen-bond acceptors (Lipinski definition) is 4. The van der Waals surface area contributed by atoms with Crippen LogP contribution in [0.3, 0.4) is 0 Å². The minimum Gasteiger partial charge on any atom is -0.355 e. The Labute approximate surface area is 118 Å². The van der Waals surface area contributed by atoms with E-state index in [0.717, 1.165) is 0 Å². The number of rotatable bonds is 3. The van der Waals surface area contributed by atoms with Crippen LogP contribution in [-0.4, -0.2) is 61.4 Å². The average molecular weight is 282 g/mol. The topological polar surface area (TPSA) is 90.5 Å². The molecular formula is C13H22N4O3. The molecule has 3 N–H and O–H groups in total. The Morgan fingerprint density at radius 3 is 2.85 bits per heavy atom. The molecule has 2 fully saturated rings. The van der Waals surface area contributed by atoms with Crippen LogP contribution in [-0.2, 0) is 14.4 Å². The Bertz CT molecular complexity index is 389. The zero-order valence-electron chi connectivity index (χ0n) is 11.8. The van der Waals surface area contributed by atoms with Crippen LogP contribution in [0.2, 0.25) is 0 Å². The summed E-state index contributed by atoms with van der Waals surface area (Å²) in [6.07, 6.45) is 0.949. The van der Waals surface area contributed by atoms with Gasteiger partial charge < -0.3 is 20.9 Å². The van der Waals surface area contributed by atoms with Gasteiger partial charge in [0.25, 0.3) is 0 Å². The summed E-state index contributed by atoms with van der Waals surface area (Å²) in [5.41, 5.74) is 0. The van der Waals surface area contributed by atoms with E-state index in [1.807, 2.05) is 6.92 Å². The summed E-state index contributed by atoms with van der Waals surface area (Å²) in [4.78, 5) is 37.4. The van der Waals surface area contributed by atoms with Gasteiger partial charge in [0.05, 0.1) is 5.92 Å². The first-order chi connectivity index (χ1) is 9.63. The van der Waals surface area contributed by atoms with Crippen molar-refractivity contribution >= 4 is 17.7 Å². The number of nitrogens with zero attached hydrogens (tertiary/aromatic N) is 1. The van der Waals surface area contributed by atoms with Gasteiger partial charge >= 0.3 is 0 Å². The molecule has 7 nitrogen and oxygen atoms in total. The van der Waals surface area contributed by atoms with E-state index in [2.05, 4.69) is 16.0 Å². The minimum absolute atomic E-state index is 0.00497. The summed E-state index contributed by atoms with van der Waals surface area (Å²) in [6.45, 7) is 4.50. The van der Waals surface area contributed by atoms with Crippen molar-refractivity contribution in [2.24, 2.45) is 5.92 Å². The average Bonchev–Trinajstić information content (AvgIpc) is 2.47. The quantitative estimate of drug-likeness (QED) is 0.584. The Balaban J connectivity index is 2.01. The molecule has 2 unspecified atom stereocenters. The van der Waals surface area contributed by atoms with Crippen molar-refractivity contribution in [1.82, 2.24) is 20.9 Å². The van der Waals surface area contributed by atoms with Crippen molar-refractivity contribution in [3.8, 4) is 0 Å². The fraction of sp³-hybridized carbons (Fsp3) is 0.769. The molecule has 2 aliphatic rings. The Morgan fingerprint density at radius 1 is 1.40 bits per heavy atom. The first-order valence-corrected chi connectivity index (χ1v) is 7.19. The summed E-state index contributed by atoms with van der Waals surface area (Å²) >= 11 is 0. The number of amides is 3. The summed E-state index contributed by atoms with van der Waals surface area (Å²) in [5.74, 6) is -0.354. The second-order valence-electron chi connectivity index (χ2n) is 5.19. The molecule has 0 bridgehead atoms. The van der Waals surface area contributed by atoms with Crippen LogP contribution in [0.25, 0.3) is 0 Å². The molecule has 20 heavy (non-hydrogen) atoms. The molecule has 0 aromatic carbocycles. The molecular weight excluding hydrogens is 260 g/mol. The van der Waals surface area contributed by atoms with Crippen LogP contribution in [0.5, 0.6) is 0 Å². The van der Waals surface area contributed by atoms with Crippen LogP contribution < -0.4 is 16.0 Å². The largest absolute Gasteiger partial charge is 0.355 e. The van der Waals surface area contributed by atoms with Gasteiger partial charge in [-0.15, -0.1) is 0 Å². The van der Waals surface area contributed by atoms with Gasteiger partial charge in [-0.3, -0.25) is 14.4 Å². The molecule has 0 radical (unpaired) electrons. The molecule has 3 amide bonds. The lowest BCUT2D eigenvalue weighted by Crippen LogP contribution is -2.61. The van der Waals surface area contributed by atoms with Gasteiger partial charge in [-0.2, -0.15) is 0 Å². The number of carbonyl (C=O) groups excluding carboxylic acids is 3. The molecule has 2 aliphatic heterocycles. The summed E-state index contributed by atoms with van der Waals surface area (Å²) in [7, 11) is 0. The second kappa shape index (κ2) is 6.69. The van der Waals surface area contributed by atoms with Gasteiger partial charge in [-0.25, -0.2) is 0 Å². The monoisotopic (exact) mass is 282 g/mol. The van der Waals surface area contributed by atoms with Gasteiger partial charge in [0.1, 0.15) is 6.04 Å². The fourth-order valence-corrected chi connectivity index (χ4v) is 2.67. The first-order valence-electron chi connectivity index (χ1n) is 7.19. The van der Waals surface area contributed by atoms with Gasteiger partial charge in [0.15, 0.2) is 0 Å². The number of likely N-dealkylation sites (N-methyl/N-ethyl adjacent to an activating group) is 1. The van der Waals surface area contributed by atoms with Crippen LogP contribution in [0, 0.1) is 5.92 Å². The van der Waals surface area contributed by atoms with Gasteiger partial charge in [-0.05, 0) is 13.3 Å². The van der Waals surface area contributed by atoms with Crippen molar-refractivity contribution in [3.63, 3.8) is 0 Å². The Hall–Kier alpha value is -1.63. The maximum Gasteiger partial charge on any atom is 0.244 e. The Morgan fingerprint density at radius 2 is 2.20 bits per heavy atom. The molecule has 2 rings (SSSR count). The lowest BCUT2D eigenvalue weighted by atomic mass is 9.96. The van der Waals surface area contributed by atoms with E-state index in [1.165, 1.54) is 0 Å². The van der Waals surface area contributed by atoms with Crippen molar-refractivity contribution in [3.05, 3.63) is 0 Å². The van der Waals surface area contributed by atoms with Crippen LogP contribution in [0.4, 0.5) is 0 Å². The lowest BCUT2D eigenvalue weighted by Gasteiger charge is -2.38. The third kappa shape index (κ3) is 3.27. The first kappa shape index (κ1) is 14.8. The maximum absolute atomic E-state index is 12.5. The predicted molar refractivity (Wildman–Crippen MR) is 72.8 cm³/mol. The standard InChI is InChI=1S/C13H22N4O3/c1-2-15-12(19)10-8-14-5-6-17(10)13(20)9-3-4-11(18)16-7-9/h9-10,14H,2-8H2,1H3,(H,15,19)(H,16,18). The van der Waals surface area contributed by atoms with Gasteiger partial charge in [-0.1, -0.05) is 0 Å². The molecule has 112 valence electrons. The summed E-state index contributed by atoms with van der Waals surface area (Å²) in [5, 5.41) is 8.63. The number of piperazine rings is 1. The Kier molecular flexibility index (Phi) is 4.94. The highest BCUT2D eigenvalue weighted by Gasteiger charge is 2.36. The second-order valence-corrected chi connectivity index (χ2v) is 5.19. The fourth-order valence-electron chi connectivity index (χ4n) is 2.67. The molecule has 0 aromatic heterocycles. The molecule has 0 aliphatic carbocycles. The van der Waals surface area contributed by atoms with E-state index in [9.17, 15) is 14.4 Å². The maximum atomic E-state index is 12.5. The van der Waals surface area contributed by atoms with Gasteiger partial charge in [0, 0.05) is 39.1 Å². The number of nitrogens with one attached hydrogen (secondary N) is 3. The van der Waals surface area contributed by atoms with Crippen LogP contribution in [0.1, 0.15) is 19.8 Å². The zero-order chi connectivity index (χ0) is 14.5. The molecule has 2 saturated heterocycles. The third-order valence-electron chi connectivity index (χ3n) is 3.79. The summed E-state index contributed by atoms with van der Waals surface area (Å²) in [6, 6.07) is -0.450. The van der Waals surface area contributed by atoms with Crippen LogP contribution in [0.15, 0.2) is 0 Å². The molecule has 7 heteroatoms. The minimum atomic E-state index is -0.450. The van der Waals surface area contributed by atoms with E-state index < -0.39 is 6.04 Å². The molecule has 0 aromatic rings. The zero-order valence-corrected chi connectivity index (χ0v) is 11.8. The lowest BCUT2D eigenvalue weighted by molar-refractivity contribution is -0.145. The van der Waals surface area contributed by atoms with E-state index in [1.54, 1.807) is 4.90 Å². The number of carbonyl (C=O) groups is 3. The predicted octanol–water partition coefficient (Wildman–Crippen LogP) is -1.55. The highest BCUT2D eigenvalue weighted by atomic mass is 16.2. The third-order valence-corrected chi connectivity index (χ3v) is 3.79. The van der Waals surface area contributed by atoms with Crippen molar-refractivity contribution < 1.29 is 14.4 Å². The smallest absolute Gasteiger partial charge is 0.244 e. The van der Waals surface area contributed by atoms with Crippen molar-refractivity contribution in [2.45, 2.75) is 25.8 Å². The number of piperidine rings is 1.